The van der Waals surface area contributed by atoms with Crippen LogP contribution < -0.4 is 0 Å². The molecule has 0 saturated heterocycles. The van der Waals surface area contributed by atoms with Crippen LogP contribution in [0.5, 0.6) is 0 Å². The van der Waals surface area contributed by atoms with Crippen LogP contribution in [0.1, 0.15) is 27.7 Å². The summed E-state index contributed by atoms with van der Waals surface area (Å²) >= 11 is 0. The monoisotopic (exact) mass is 234 g/mol. The van der Waals surface area contributed by atoms with Gasteiger partial charge in [0.2, 0.25) is 0 Å². The van der Waals surface area contributed by atoms with E-state index in [1.165, 1.54) is 0 Å². The summed E-state index contributed by atoms with van der Waals surface area (Å²) in [6, 6.07) is 0. The fourth-order valence-electron chi connectivity index (χ4n) is 0.826. The van der Waals surface area contributed by atoms with Gasteiger partial charge in [0.25, 0.3) is 0 Å². The van der Waals surface area contributed by atoms with Gasteiger partial charge in [-0.05, 0) is 11.8 Å². The van der Waals surface area contributed by atoms with Crippen LogP contribution in [-0.2, 0) is 13.6 Å². The maximum Gasteiger partial charge on any atom is 0.334 e. The summed E-state index contributed by atoms with van der Waals surface area (Å²) in [7, 11) is -2.95. The van der Waals surface area contributed by atoms with E-state index in [9.17, 15) is 4.57 Å². The van der Waals surface area contributed by atoms with Crippen LogP contribution >= 0.6 is 7.60 Å². The van der Waals surface area contributed by atoms with Gasteiger partial charge in [-0.3, -0.25) is 4.57 Å². The second kappa shape index (κ2) is 7.21. The Kier molecular flexibility index (Phi) is 7.16. The van der Waals surface area contributed by atoms with Crippen molar-refractivity contribution in [3.63, 3.8) is 0 Å². The molecule has 0 bridgehead atoms. The highest BCUT2D eigenvalue weighted by molar-refractivity contribution is 7.54. The molecule has 0 heterocycles. The smallest absolute Gasteiger partial charge is 0.308 e. The molecule has 0 amide bonds. The van der Waals surface area contributed by atoms with E-state index in [-0.39, 0.29) is 6.16 Å². The first-order chi connectivity index (χ1) is 6.89. The van der Waals surface area contributed by atoms with Crippen molar-refractivity contribution in [1.29, 1.82) is 0 Å². The van der Waals surface area contributed by atoms with Gasteiger partial charge in [0.15, 0.2) is 0 Å². The van der Waals surface area contributed by atoms with Crippen molar-refractivity contribution in [3.8, 4) is 0 Å². The zero-order valence-electron chi connectivity index (χ0n) is 10.2. The molecule has 0 atom stereocenters. The Morgan fingerprint density at radius 1 is 1.13 bits per heavy atom. The van der Waals surface area contributed by atoms with E-state index in [0.29, 0.717) is 25.0 Å². The van der Waals surface area contributed by atoms with Crippen molar-refractivity contribution >= 4 is 7.60 Å². The molecule has 0 radical (unpaired) electrons. The van der Waals surface area contributed by atoms with Gasteiger partial charge in [-0.2, -0.15) is 0 Å². The summed E-state index contributed by atoms with van der Waals surface area (Å²) in [6.07, 6.45) is 1.87. The summed E-state index contributed by atoms with van der Waals surface area (Å²) < 4.78 is 22.8. The standard InChI is InChI=1S/C11H23O3P/c1-6-7-15(12,13-8-10(2)3)14-9-11(4)5/h6,10-11H,1,7-9H2,2-5H3. The minimum atomic E-state index is -2.95. The predicted molar refractivity (Wildman–Crippen MR) is 64.3 cm³/mol. The molecule has 0 aliphatic carbocycles. The first-order valence-electron chi connectivity index (χ1n) is 5.38. The van der Waals surface area contributed by atoms with Crippen LogP contribution in [0.15, 0.2) is 12.7 Å². The summed E-state index contributed by atoms with van der Waals surface area (Å²) in [5.74, 6) is 0.705. The van der Waals surface area contributed by atoms with E-state index in [4.69, 9.17) is 9.05 Å². The largest absolute Gasteiger partial charge is 0.334 e. The molecule has 0 aromatic heterocycles. The minimum absolute atomic E-state index is 0.284. The molecule has 0 N–H and O–H groups in total. The number of hydrogen-bond acceptors (Lipinski definition) is 3. The minimum Gasteiger partial charge on any atom is -0.308 e. The lowest BCUT2D eigenvalue weighted by Crippen LogP contribution is -2.07. The molecule has 90 valence electrons. The van der Waals surface area contributed by atoms with Gasteiger partial charge in [0, 0.05) is 0 Å². The van der Waals surface area contributed by atoms with Crippen LogP contribution in [0, 0.1) is 11.8 Å². The number of rotatable bonds is 8. The normalized spacial score (nSPS) is 12.4. The molecular weight excluding hydrogens is 211 g/mol. The number of hydrogen-bond donors (Lipinski definition) is 0. The predicted octanol–water partition coefficient (Wildman–Crippen LogP) is 3.71. The van der Waals surface area contributed by atoms with E-state index >= 15 is 0 Å². The molecule has 4 heteroatoms. The summed E-state index contributed by atoms with van der Waals surface area (Å²) in [5, 5.41) is 0. The summed E-state index contributed by atoms with van der Waals surface area (Å²) in [6.45, 7) is 12.5. The van der Waals surface area contributed by atoms with E-state index in [2.05, 4.69) is 6.58 Å². The molecule has 15 heavy (non-hydrogen) atoms. The van der Waals surface area contributed by atoms with Crippen LogP contribution in [0.3, 0.4) is 0 Å². The first kappa shape index (κ1) is 14.9. The van der Waals surface area contributed by atoms with Crippen LogP contribution in [-0.4, -0.2) is 19.4 Å². The summed E-state index contributed by atoms with van der Waals surface area (Å²) in [4.78, 5) is 0. The topological polar surface area (TPSA) is 35.5 Å². The van der Waals surface area contributed by atoms with Crippen molar-refractivity contribution < 1.29 is 13.6 Å². The molecule has 0 saturated carbocycles. The average molecular weight is 234 g/mol. The SMILES string of the molecule is C=CCP(=O)(OCC(C)C)OCC(C)C. The van der Waals surface area contributed by atoms with Gasteiger partial charge in [0.1, 0.15) is 0 Å². The quantitative estimate of drug-likeness (QED) is 0.474. The third-order valence-corrected chi connectivity index (χ3v) is 3.35. The molecule has 0 unspecified atom stereocenters. The van der Waals surface area contributed by atoms with Gasteiger partial charge in [0.05, 0.1) is 19.4 Å². The molecule has 3 nitrogen and oxygen atoms in total. The zero-order chi connectivity index (χ0) is 11.9. The van der Waals surface area contributed by atoms with Crippen LogP contribution in [0.25, 0.3) is 0 Å². The lowest BCUT2D eigenvalue weighted by Gasteiger charge is -2.19. The third-order valence-electron chi connectivity index (χ3n) is 1.56. The molecule has 0 rings (SSSR count). The molecule has 0 aliphatic rings. The summed E-state index contributed by atoms with van der Waals surface area (Å²) in [5.41, 5.74) is 0. The molecule has 0 aliphatic heterocycles. The van der Waals surface area contributed by atoms with Crippen molar-refractivity contribution in [2.45, 2.75) is 27.7 Å². The van der Waals surface area contributed by atoms with Gasteiger partial charge < -0.3 is 9.05 Å². The number of allylic oxidation sites excluding steroid dienone is 1. The second-order valence-electron chi connectivity index (χ2n) is 4.46. The molecule has 0 spiro atoms. The van der Waals surface area contributed by atoms with E-state index in [0.717, 1.165) is 0 Å². The van der Waals surface area contributed by atoms with E-state index in [1.54, 1.807) is 6.08 Å². The zero-order valence-corrected chi connectivity index (χ0v) is 11.1. The fourth-order valence-corrected chi connectivity index (χ4v) is 2.48. The van der Waals surface area contributed by atoms with E-state index < -0.39 is 7.60 Å². The molecular formula is C11H23O3P. The Bertz CT molecular complexity index is 208. The van der Waals surface area contributed by atoms with Crippen LogP contribution in [0.2, 0.25) is 0 Å². The van der Waals surface area contributed by atoms with Gasteiger partial charge in [-0.25, -0.2) is 0 Å². The maximum atomic E-state index is 12.1. The third kappa shape index (κ3) is 7.78. The second-order valence-corrected chi connectivity index (χ2v) is 6.56. The molecule has 0 aromatic rings. The van der Waals surface area contributed by atoms with Gasteiger partial charge in [-0.15, -0.1) is 6.58 Å². The average Bonchev–Trinajstić information content (AvgIpc) is 2.13. The highest BCUT2D eigenvalue weighted by atomic mass is 31.2. The van der Waals surface area contributed by atoms with Gasteiger partial charge in [-0.1, -0.05) is 33.8 Å². The first-order valence-corrected chi connectivity index (χ1v) is 7.11. The van der Waals surface area contributed by atoms with Crippen molar-refractivity contribution in [2.24, 2.45) is 11.8 Å². The Morgan fingerprint density at radius 3 is 1.80 bits per heavy atom. The van der Waals surface area contributed by atoms with Crippen molar-refractivity contribution in [3.05, 3.63) is 12.7 Å². The fraction of sp³-hybridized carbons (Fsp3) is 0.818. The Balaban J connectivity index is 4.18. The highest BCUT2D eigenvalue weighted by Crippen LogP contribution is 2.48. The lowest BCUT2D eigenvalue weighted by atomic mass is 10.2. The van der Waals surface area contributed by atoms with E-state index in [1.807, 2.05) is 27.7 Å². The highest BCUT2D eigenvalue weighted by Gasteiger charge is 2.23. The molecule has 0 fully saturated rings. The van der Waals surface area contributed by atoms with Crippen molar-refractivity contribution in [1.82, 2.24) is 0 Å². The molecule has 0 aromatic carbocycles. The van der Waals surface area contributed by atoms with Gasteiger partial charge >= 0.3 is 7.60 Å². The Labute approximate surface area is 93.4 Å². The van der Waals surface area contributed by atoms with Crippen molar-refractivity contribution in [2.75, 3.05) is 19.4 Å². The maximum absolute atomic E-state index is 12.1. The lowest BCUT2D eigenvalue weighted by molar-refractivity contribution is 0.175. The Hall–Kier alpha value is -0.110. The Morgan fingerprint density at radius 2 is 1.53 bits per heavy atom. The van der Waals surface area contributed by atoms with Crippen LogP contribution in [0.4, 0.5) is 0 Å².